The average Bonchev–Trinajstić information content (AvgIpc) is 3.17. The van der Waals surface area contributed by atoms with E-state index in [1.54, 1.807) is 11.3 Å². The molecule has 1 N–H and O–H groups in total. The third-order valence-electron chi connectivity index (χ3n) is 4.81. The second-order valence-electron chi connectivity index (χ2n) is 6.66. The highest BCUT2D eigenvalue weighted by Gasteiger charge is 2.15. The summed E-state index contributed by atoms with van der Waals surface area (Å²) >= 11 is 1.68. The predicted molar refractivity (Wildman–Crippen MR) is 109 cm³/mol. The molecule has 0 saturated carbocycles. The number of aliphatic imine (C=N–C) groups is 1. The van der Waals surface area contributed by atoms with Crippen molar-refractivity contribution in [2.45, 2.75) is 25.8 Å². The first-order valence-electron chi connectivity index (χ1n) is 9.25. The van der Waals surface area contributed by atoms with Gasteiger partial charge in [0.25, 0.3) is 0 Å². The van der Waals surface area contributed by atoms with Gasteiger partial charge >= 0.3 is 0 Å². The third kappa shape index (κ3) is 5.29. The number of nitrogens with zero attached hydrogens (tertiary/aromatic N) is 3. The summed E-state index contributed by atoms with van der Waals surface area (Å²) in [4.78, 5) is 11.4. The average molecular weight is 373 g/mol. The molecule has 1 saturated heterocycles. The van der Waals surface area contributed by atoms with E-state index >= 15 is 0 Å². The summed E-state index contributed by atoms with van der Waals surface area (Å²) < 4.78 is 5.44. The normalized spacial score (nSPS) is 15.8. The molecule has 1 aliphatic heterocycles. The van der Waals surface area contributed by atoms with Crippen molar-refractivity contribution in [3.05, 3.63) is 40.7 Å². The molecule has 26 heavy (non-hydrogen) atoms. The number of benzene rings is 1. The zero-order chi connectivity index (χ0) is 18.2. The second-order valence-corrected chi connectivity index (χ2v) is 7.60. The minimum Gasteiger partial charge on any atom is -0.381 e. The molecule has 2 aromatic rings. The van der Waals surface area contributed by atoms with Gasteiger partial charge in [0.1, 0.15) is 5.01 Å². The molecule has 6 heteroatoms. The van der Waals surface area contributed by atoms with Crippen molar-refractivity contribution in [1.29, 1.82) is 0 Å². The van der Waals surface area contributed by atoms with Gasteiger partial charge in [0.05, 0.1) is 12.2 Å². The Hall–Kier alpha value is -1.92. The number of hydrogen-bond donors (Lipinski definition) is 1. The molecule has 5 nitrogen and oxygen atoms in total. The molecule has 0 unspecified atom stereocenters. The van der Waals surface area contributed by atoms with E-state index < -0.39 is 0 Å². The van der Waals surface area contributed by atoms with E-state index in [0.717, 1.165) is 47.9 Å². The molecule has 2 heterocycles. The number of hydrogen-bond acceptors (Lipinski definition) is 4. The highest BCUT2D eigenvalue weighted by Crippen LogP contribution is 2.21. The predicted octanol–water partition coefficient (Wildman–Crippen LogP) is 3.63. The van der Waals surface area contributed by atoms with Crippen molar-refractivity contribution in [2.75, 3.05) is 33.9 Å². The highest BCUT2D eigenvalue weighted by molar-refractivity contribution is 7.09. The van der Waals surface area contributed by atoms with Gasteiger partial charge < -0.3 is 15.0 Å². The zero-order valence-electron chi connectivity index (χ0n) is 15.6. The number of aromatic nitrogens is 1. The number of thiazole rings is 1. The molecule has 0 bridgehead atoms. The molecule has 0 spiro atoms. The number of rotatable bonds is 6. The molecule has 0 amide bonds. The molecule has 140 valence electrons. The Balaban J connectivity index is 1.48. The Kier molecular flexibility index (Phi) is 7.03. The Morgan fingerprint density at radius 2 is 2.08 bits per heavy atom. The second kappa shape index (κ2) is 9.69. The van der Waals surface area contributed by atoms with Crippen LogP contribution in [0.1, 0.15) is 24.3 Å². The minimum atomic E-state index is 0.700. The van der Waals surface area contributed by atoms with E-state index in [-0.39, 0.29) is 0 Å². The summed E-state index contributed by atoms with van der Waals surface area (Å²) in [5, 5.41) is 6.62. The van der Waals surface area contributed by atoms with Crippen LogP contribution in [0.15, 0.2) is 40.7 Å². The van der Waals surface area contributed by atoms with Crippen LogP contribution >= 0.6 is 11.3 Å². The lowest BCUT2D eigenvalue weighted by atomic mass is 9.96. The van der Waals surface area contributed by atoms with E-state index in [1.165, 1.54) is 19.3 Å². The molecule has 0 radical (unpaired) electrons. The van der Waals surface area contributed by atoms with Gasteiger partial charge in [-0.25, -0.2) is 4.98 Å². The summed E-state index contributed by atoms with van der Waals surface area (Å²) in [5.74, 6) is 1.70. The fraction of sp³-hybridized carbons (Fsp3) is 0.500. The van der Waals surface area contributed by atoms with Crippen LogP contribution in [0, 0.1) is 5.92 Å². The Labute approximate surface area is 160 Å². The Morgan fingerprint density at radius 3 is 2.81 bits per heavy atom. The molecular formula is C20H28N4OS. The van der Waals surface area contributed by atoms with E-state index in [1.807, 2.05) is 25.2 Å². The minimum absolute atomic E-state index is 0.700. The van der Waals surface area contributed by atoms with Crippen LogP contribution in [0.3, 0.4) is 0 Å². The van der Waals surface area contributed by atoms with Gasteiger partial charge in [-0.2, -0.15) is 0 Å². The van der Waals surface area contributed by atoms with E-state index in [4.69, 9.17) is 9.72 Å². The van der Waals surface area contributed by atoms with Crippen molar-refractivity contribution in [2.24, 2.45) is 10.9 Å². The molecule has 3 rings (SSSR count). The van der Waals surface area contributed by atoms with Crippen LogP contribution < -0.4 is 5.32 Å². The number of guanidine groups is 1. The lowest BCUT2D eigenvalue weighted by molar-refractivity contribution is 0.0625. The lowest BCUT2D eigenvalue weighted by Gasteiger charge is -2.26. The summed E-state index contributed by atoms with van der Waals surface area (Å²) in [7, 11) is 3.94. The van der Waals surface area contributed by atoms with Gasteiger partial charge in [0.2, 0.25) is 0 Å². The first-order chi connectivity index (χ1) is 12.8. The first-order valence-corrected chi connectivity index (χ1v) is 10.1. The molecule has 0 aliphatic carbocycles. The third-order valence-corrected chi connectivity index (χ3v) is 5.65. The van der Waals surface area contributed by atoms with Crippen molar-refractivity contribution >= 4 is 17.3 Å². The number of nitrogens with one attached hydrogen (secondary N) is 1. The van der Waals surface area contributed by atoms with Gasteiger partial charge in [-0.1, -0.05) is 30.3 Å². The quantitative estimate of drug-likeness (QED) is 0.621. The van der Waals surface area contributed by atoms with Gasteiger partial charge in [0.15, 0.2) is 5.96 Å². The van der Waals surface area contributed by atoms with Crippen LogP contribution in [0.5, 0.6) is 0 Å². The standard InChI is InChI=1S/C20H28N4OS/c1-21-20(24(2)11-8-16-9-12-25-13-10-16)22-14-19-23-18(15-26-19)17-6-4-3-5-7-17/h3-7,15-16H,8-14H2,1-2H3,(H,21,22). The summed E-state index contributed by atoms with van der Waals surface area (Å²) in [5.41, 5.74) is 2.20. The van der Waals surface area contributed by atoms with Crippen LogP contribution in [-0.2, 0) is 11.3 Å². The van der Waals surface area contributed by atoms with Gasteiger partial charge in [-0.05, 0) is 25.2 Å². The summed E-state index contributed by atoms with van der Waals surface area (Å²) in [6.45, 7) is 3.54. The molecule has 1 fully saturated rings. The largest absolute Gasteiger partial charge is 0.381 e. The van der Waals surface area contributed by atoms with Gasteiger partial charge in [0, 0.05) is 44.8 Å². The molecular weight excluding hydrogens is 344 g/mol. The maximum Gasteiger partial charge on any atom is 0.193 e. The van der Waals surface area contributed by atoms with E-state index in [0.29, 0.717) is 6.54 Å². The van der Waals surface area contributed by atoms with E-state index in [9.17, 15) is 0 Å². The Bertz CT molecular complexity index is 695. The van der Waals surface area contributed by atoms with Crippen LogP contribution in [0.25, 0.3) is 11.3 Å². The highest BCUT2D eigenvalue weighted by atomic mass is 32.1. The molecule has 1 aromatic carbocycles. The zero-order valence-corrected chi connectivity index (χ0v) is 16.5. The maximum absolute atomic E-state index is 5.44. The lowest BCUT2D eigenvalue weighted by Crippen LogP contribution is -2.39. The first kappa shape index (κ1) is 18.9. The van der Waals surface area contributed by atoms with E-state index in [2.05, 4.69) is 39.8 Å². The maximum atomic E-state index is 5.44. The van der Waals surface area contributed by atoms with Crippen LogP contribution in [0.2, 0.25) is 0 Å². The van der Waals surface area contributed by atoms with Gasteiger partial charge in [-0.3, -0.25) is 4.99 Å². The summed E-state index contributed by atoms with van der Waals surface area (Å²) in [6.07, 6.45) is 3.55. The SMILES string of the molecule is CN=C(NCc1nc(-c2ccccc2)cs1)N(C)CCC1CCOCC1. The monoisotopic (exact) mass is 372 g/mol. The molecule has 0 atom stereocenters. The van der Waals surface area contributed by atoms with Crippen molar-refractivity contribution < 1.29 is 4.74 Å². The van der Waals surface area contributed by atoms with Crippen LogP contribution in [0.4, 0.5) is 0 Å². The Morgan fingerprint density at radius 1 is 1.31 bits per heavy atom. The fourth-order valence-corrected chi connectivity index (χ4v) is 3.93. The smallest absolute Gasteiger partial charge is 0.193 e. The van der Waals surface area contributed by atoms with Crippen LogP contribution in [-0.4, -0.2) is 49.7 Å². The van der Waals surface area contributed by atoms with Crippen molar-refractivity contribution in [1.82, 2.24) is 15.2 Å². The topological polar surface area (TPSA) is 49.8 Å². The summed E-state index contributed by atoms with van der Waals surface area (Å²) in [6, 6.07) is 10.3. The van der Waals surface area contributed by atoms with Crippen molar-refractivity contribution in [3.63, 3.8) is 0 Å². The van der Waals surface area contributed by atoms with Crippen molar-refractivity contribution in [3.8, 4) is 11.3 Å². The fourth-order valence-electron chi connectivity index (χ4n) is 3.19. The molecule has 1 aliphatic rings. The van der Waals surface area contributed by atoms with Gasteiger partial charge in [-0.15, -0.1) is 11.3 Å². The number of ether oxygens (including phenoxy) is 1. The molecule has 1 aromatic heterocycles.